The van der Waals surface area contributed by atoms with Gasteiger partial charge in [-0.05, 0) is 51.1 Å². The normalized spacial score (nSPS) is 17.4. The summed E-state index contributed by atoms with van der Waals surface area (Å²) in [7, 11) is 0. The number of nitrogens with one attached hydrogen (secondary N) is 1. The van der Waals surface area contributed by atoms with E-state index in [1.165, 1.54) is 37.7 Å². The molecule has 1 aliphatic carbocycles. The van der Waals surface area contributed by atoms with Crippen molar-refractivity contribution in [2.45, 2.75) is 45.1 Å². The lowest BCUT2D eigenvalue weighted by atomic mass is 9.97. The number of benzene rings is 1. The maximum Gasteiger partial charge on any atom is 0.0225 e. The molecule has 0 heterocycles. The zero-order chi connectivity index (χ0) is 13.3. The first-order valence-electron chi connectivity index (χ1n) is 7.49. The molecule has 1 heteroatoms. The van der Waals surface area contributed by atoms with Crippen LogP contribution in [0.4, 0.5) is 0 Å². The van der Waals surface area contributed by atoms with Gasteiger partial charge >= 0.3 is 0 Å². The van der Waals surface area contributed by atoms with Crippen molar-refractivity contribution < 1.29 is 0 Å². The van der Waals surface area contributed by atoms with E-state index in [2.05, 4.69) is 60.8 Å². The fourth-order valence-electron chi connectivity index (χ4n) is 2.48. The van der Waals surface area contributed by atoms with E-state index < -0.39 is 0 Å². The summed E-state index contributed by atoms with van der Waals surface area (Å²) in [5.74, 6) is 0. The highest BCUT2D eigenvalue weighted by Gasteiger charge is 2.03. The molecule has 0 fully saturated rings. The van der Waals surface area contributed by atoms with Gasteiger partial charge in [-0.15, -0.1) is 0 Å². The Morgan fingerprint density at radius 3 is 2.79 bits per heavy atom. The Balaban J connectivity index is 1.68. The van der Waals surface area contributed by atoms with E-state index in [4.69, 9.17) is 0 Å². The summed E-state index contributed by atoms with van der Waals surface area (Å²) in [4.78, 5) is 0. The van der Waals surface area contributed by atoms with Crippen LogP contribution in [0.2, 0.25) is 0 Å². The number of rotatable bonds is 6. The second-order valence-electron chi connectivity index (χ2n) is 5.37. The first kappa shape index (κ1) is 14.1. The number of allylic oxidation sites excluding steroid dienone is 1. The van der Waals surface area contributed by atoms with Crippen LogP contribution in [-0.4, -0.2) is 12.6 Å². The van der Waals surface area contributed by atoms with E-state index in [0.717, 1.165) is 6.54 Å². The predicted octanol–water partition coefficient (Wildman–Crippen LogP) is 4.57. The molecule has 1 atom stereocenters. The molecule has 19 heavy (non-hydrogen) atoms. The molecule has 0 aliphatic heterocycles. The molecular formula is C18H25N. The standard InChI is InChI=1S/C18H25N/c1-16(12-13-17-8-4-2-5-9-17)19-15-14-18-10-6-3-7-11-18/h2,4-5,8-10,12-13,16,19H,3,6-7,11,14-15H2,1H3/b13-12+/t16-/m0/s1. The molecule has 1 nitrogen and oxygen atoms in total. The molecule has 2 rings (SSSR count). The molecule has 0 unspecified atom stereocenters. The smallest absolute Gasteiger partial charge is 0.0225 e. The molecule has 0 saturated carbocycles. The molecule has 1 aromatic rings. The van der Waals surface area contributed by atoms with Crippen molar-refractivity contribution in [3.63, 3.8) is 0 Å². The fourth-order valence-corrected chi connectivity index (χ4v) is 2.48. The van der Waals surface area contributed by atoms with Crippen LogP contribution in [0.3, 0.4) is 0 Å². The maximum absolute atomic E-state index is 3.57. The SMILES string of the molecule is C[C@@H](/C=C/c1ccccc1)NCCC1=CCCCC1. The molecule has 1 aliphatic rings. The molecule has 1 N–H and O–H groups in total. The van der Waals surface area contributed by atoms with Crippen molar-refractivity contribution in [3.05, 3.63) is 53.6 Å². The lowest BCUT2D eigenvalue weighted by Crippen LogP contribution is -2.25. The van der Waals surface area contributed by atoms with Crippen molar-refractivity contribution >= 4 is 6.08 Å². The van der Waals surface area contributed by atoms with E-state index in [1.807, 2.05) is 0 Å². The molecule has 0 aromatic heterocycles. The first-order chi connectivity index (χ1) is 9.34. The van der Waals surface area contributed by atoms with E-state index in [1.54, 1.807) is 5.57 Å². The molecular weight excluding hydrogens is 230 g/mol. The average Bonchev–Trinajstić information content (AvgIpc) is 2.47. The van der Waals surface area contributed by atoms with Crippen molar-refractivity contribution in [3.8, 4) is 0 Å². The summed E-state index contributed by atoms with van der Waals surface area (Å²) in [5.41, 5.74) is 2.92. The van der Waals surface area contributed by atoms with Gasteiger partial charge in [0, 0.05) is 6.04 Å². The van der Waals surface area contributed by atoms with Crippen LogP contribution in [0, 0.1) is 0 Å². The van der Waals surface area contributed by atoms with Crippen LogP contribution in [-0.2, 0) is 0 Å². The second-order valence-corrected chi connectivity index (χ2v) is 5.37. The third kappa shape index (κ3) is 5.44. The van der Waals surface area contributed by atoms with E-state index in [-0.39, 0.29) is 0 Å². The summed E-state index contributed by atoms with van der Waals surface area (Å²) in [6, 6.07) is 10.9. The molecule has 0 saturated heterocycles. The van der Waals surface area contributed by atoms with Gasteiger partial charge in [0.1, 0.15) is 0 Å². The van der Waals surface area contributed by atoms with Crippen molar-refractivity contribution in [2.75, 3.05) is 6.54 Å². The minimum Gasteiger partial charge on any atom is -0.310 e. The van der Waals surface area contributed by atoms with E-state index in [9.17, 15) is 0 Å². The largest absolute Gasteiger partial charge is 0.310 e. The molecule has 0 bridgehead atoms. The Morgan fingerprint density at radius 2 is 2.05 bits per heavy atom. The fraction of sp³-hybridized carbons (Fsp3) is 0.444. The minimum absolute atomic E-state index is 0.435. The van der Waals surface area contributed by atoms with E-state index in [0.29, 0.717) is 6.04 Å². The molecule has 0 radical (unpaired) electrons. The second kappa shape index (κ2) is 7.96. The van der Waals surface area contributed by atoms with Crippen LogP contribution in [0.5, 0.6) is 0 Å². The summed E-state index contributed by atoms with van der Waals surface area (Å²) in [5, 5.41) is 3.57. The lowest BCUT2D eigenvalue weighted by Gasteiger charge is -2.14. The monoisotopic (exact) mass is 255 g/mol. The molecule has 0 amide bonds. The zero-order valence-electron chi connectivity index (χ0n) is 11.9. The minimum atomic E-state index is 0.435. The van der Waals surface area contributed by atoms with Gasteiger partial charge in [0.2, 0.25) is 0 Å². The number of hydrogen-bond donors (Lipinski definition) is 1. The molecule has 102 valence electrons. The Labute approximate surface area is 117 Å². The Morgan fingerprint density at radius 1 is 1.21 bits per heavy atom. The van der Waals surface area contributed by atoms with Gasteiger partial charge in [-0.2, -0.15) is 0 Å². The maximum atomic E-state index is 3.57. The van der Waals surface area contributed by atoms with Gasteiger partial charge in [0.25, 0.3) is 0 Å². The quantitative estimate of drug-likeness (QED) is 0.734. The van der Waals surface area contributed by atoms with Gasteiger partial charge < -0.3 is 5.32 Å². The zero-order valence-corrected chi connectivity index (χ0v) is 11.9. The highest BCUT2D eigenvalue weighted by atomic mass is 14.9. The first-order valence-corrected chi connectivity index (χ1v) is 7.49. The summed E-state index contributed by atoms with van der Waals surface area (Å²) < 4.78 is 0. The van der Waals surface area contributed by atoms with Crippen LogP contribution in [0.25, 0.3) is 6.08 Å². The van der Waals surface area contributed by atoms with Crippen molar-refractivity contribution in [2.24, 2.45) is 0 Å². The van der Waals surface area contributed by atoms with Crippen molar-refractivity contribution in [1.82, 2.24) is 5.32 Å². The van der Waals surface area contributed by atoms with Crippen LogP contribution < -0.4 is 5.32 Å². The molecule has 1 aromatic carbocycles. The Kier molecular flexibility index (Phi) is 5.90. The van der Waals surface area contributed by atoms with Crippen LogP contribution in [0.1, 0.15) is 44.6 Å². The number of hydrogen-bond acceptors (Lipinski definition) is 1. The summed E-state index contributed by atoms with van der Waals surface area (Å²) in [6.45, 7) is 3.31. The van der Waals surface area contributed by atoms with Gasteiger partial charge in [-0.3, -0.25) is 0 Å². The van der Waals surface area contributed by atoms with Crippen LogP contribution in [0.15, 0.2) is 48.1 Å². The third-order valence-corrected chi connectivity index (χ3v) is 3.67. The Bertz CT molecular complexity index is 417. The topological polar surface area (TPSA) is 12.0 Å². The average molecular weight is 255 g/mol. The third-order valence-electron chi connectivity index (χ3n) is 3.67. The highest BCUT2D eigenvalue weighted by Crippen LogP contribution is 2.19. The summed E-state index contributed by atoms with van der Waals surface area (Å²) >= 11 is 0. The predicted molar refractivity (Wildman–Crippen MR) is 84.1 cm³/mol. The summed E-state index contributed by atoms with van der Waals surface area (Å²) in [6.07, 6.45) is 13.5. The van der Waals surface area contributed by atoms with Gasteiger partial charge in [0.15, 0.2) is 0 Å². The molecule has 0 spiro atoms. The van der Waals surface area contributed by atoms with Gasteiger partial charge in [0.05, 0.1) is 0 Å². The highest BCUT2D eigenvalue weighted by molar-refractivity contribution is 5.49. The van der Waals surface area contributed by atoms with Gasteiger partial charge in [-0.1, -0.05) is 54.1 Å². The lowest BCUT2D eigenvalue weighted by molar-refractivity contribution is 0.605. The van der Waals surface area contributed by atoms with E-state index >= 15 is 0 Å². The Hall–Kier alpha value is -1.34. The van der Waals surface area contributed by atoms with Crippen LogP contribution >= 0.6 is 0 Å². The van der Waals surface area contributed by atoms with Gasteiger partial charge in [-0.25, -0.2) is 0 Å². The van der Waals surface area contributed by atoms with Crippen molar-refractivity contribution in [1.29, 1.82) is 0 Å².